The zero-order valence-corrected chi connectivity index (χ0v) is 13.8. The minimum absolute atomic E-state index is 0.129. The lowest BCUT2D eigenvalue weighted by Gasteiger charge is -2.06. The molecular weight excluding hydrogens is 353 g/mol. The van der Waals surface area contributed by atoms with E-state index in [1.54, 1.807) is 36.4 Å². The molecule has 0 aliphatic heterocycles. The number of carbonyl (C=O) groups excluding carboxylic acids is 1. The van der Waals surface area contributed by atoms with Crippen LogP contribution in [0.1, 0.15) is 0 Å². The summed E-state index contributed by atoms with van der Waals surface area (Å²) < 4.78 is 14.4. The molecule has 3 aromatic rings. The Balaban J connectivity index is 1.63. The van der Waals surface area contributed by atoms with Crippen molar-refractivity contribution in [2.75, 3.05) is 11.1 Å². The molecule has 24 heavy (non-hydrogen) atoms. The van der Waals surface area contributed by atoms with Gasteiger partial charge in [-0.3, -0.25) is 4.79 Å². The largest absolute Gasteiger partial charge is 0.325 e. The lowest BCUT2D eigenvalue weighted by atomic mass is 10.3. The van der Waals surface area contributed by atoms with Crippen LogP contribution in [0.2, 0.25) is 5.02 Å². The molecule has 0 saturated carbocycles. The molecule has 9 heteroatoms. The third-order valence-electron chi connectivity index (χ3n) is 2.97. The van der Waals surface area contributed by atoms with Crippen LogP contribution in [0, 0.1) is 5.82 Å². The maximum absolute atomic E-state index is 13.0. The van der Waals surface area contributed by atoms with Crippen molar-refractivity contribution in [1.29, 1.82) is 0 Å². The van der Waals surface area contributed by atoms with Gasteiger partial charge in [0.2, 0.25) is 11.1 Å². The Morgan fingerprint density at radius 2 is 1.88 bits per heavy atom. The van der Waals surface area contributed by atoms with Crippen molar-refractivity contribution in [2.45, 2.75) is 5.16 Å². The summed E-state index contributed by atoms with van der Waals surface area (Å²) >= 11 is 6.98. The van der Waals surface area contributed by atoms with Gasteiger partial charge in [-0.1, -0.05) is 23.4 Å². The van der Waals surface area contributed by atoms with Gasteiger partial charge in [0, 0.05) is 10.7 Å². The van der Waals surface area contributed by atoms with Gasteiger partial charge in [-0.25, -0.2) is 4.39 Å². The van der Waals surface area contributed by atoms with Crippen LogP contribution >= 0.6 is 23.4 Å². The fourth-order valence-electron chi connectivity index (χ4n) is 1.87. The molecule has 0 atom stereocenters. The topological polar surface area (TPSA) is 72.7 Å². The lowest BCUT2D eigenvalue weighted by molar-refractivity contribution is -0.113. The highest BCUT2D eigenvalue weighted by atomic mass is 35.5. The molecule has 1 amide bonds. The molecule has 6 nitrogen and oxygen atoms in total. The molecule has 0 unspecified atom stereocenters. The van der Waals surface area contributed by atoms with E-state index >= 15 is 0 Å². The molecule has 1 N–H and O–H groups in total. The Hall–Kier alpha value is -2.45. The predicted octanol–water partition coefficient (Wildman–Crippen LogP) is 3.19. The van der Waals surface area contributed by atoms with Gasteiger partial charge in [-0.15, -0.1) is 5.10 Å². The average molecular weight is 364 g/mol. The molecule has 1 aromatic heterocycles. The zero-order valence-electron chi connectivity index (χ0n) is 12.2. The van der Waals surface area contributed by atoms with E-state index < -0.39 is 0 Å². The highest BCUT2D eigenvalue weighted by molar-refractivity contribution is 7.99. The molecule has 3 rings (SSSR count). The van der Waals surface area contributed by atoms with Crippen molar-refractivity contribution >= 4 is 35.0 Å². The van der Waals surface area contributed by atoms with Crippen molar-refractivity contribution in [2.24, 2.45) is 0 Å². The number of aromatic nitrogens is 4. The summed E-state index contributed by atoms with van der Waals surface area (Å²) in [4.78, 5) is 12.0. The number of nitrogens with one attached hydrogen (secondary N) is 1. The van der Waals surface area contributed by atoms with Crippen molar-refractivity contribution in [1.82, 2.24) is 20.2 Å². The van der Waals surface area contributed by atoms with Crippen LogP contribution in [0.3, 0.4) is 0 Å². The molecule has 0 bridgehead atoms. The minimum Gasteiger partial charge on any atom is -0.325 e. The first-order valence-corrected chi connectivity index (χ1v) is 8.21. The molecule has 1 heterocycles. The molecule has 122 valence electrons. The molecule has 0 saturated heterocycles. The lowest BCUT2D eigenvalue weighted by Crippen LogP contribution is -2.14. The van der Waals surface area contributed by atoms with E-state index in [0.717, 1.165) is 0 Å². The Labute approximate surface area is 146 Å². The standard InChI is InChI=1S/C15H11ClFN5OS/c16-10-1-5-12(6-2-10)18-14(23)9-24-15-19-20-21-22(15)13-7-3-11(17)4-8-13/h1-8H,9H2,(H,18,23). The number of carbonyl (C=O) groups is 1. The Bertz CT molecular complexity index is 838. The molecule has 2 aromatic carbocycles. The third-order valence-corrected chi connectivity index (χ3v) is 4.14. The van der Waals surface area contributed by atoms with Crippen LogP contribution in [0.4, 0.5) is 10.1 Å². The van der Waals surface area contributed by atoms with Gasteiger partial charge in [-0.05, 0) is 59.0 Å². The quantitative estimate of drug-likeness (QED) is 0.705. The number of amides is 1. The Morgan fingerprint density at radius 3 is 2.58 bits per heavy atom. The van der Waals surface area contributed by atoms with Gasteiger partial charge in [0.1, 0.15) is 5.82 Å². The van der Waals surface area contributed by atoms with Crippen LogP contribution in [-0.4, -0.2) is 31.9 Å². The average Bonchev–Trinajstić information content (AvgIpc) is 3.04. The first-order chi connectivity index (χ1) is 11.6. The second-order valence-electron chi connectivity index (χ2n) is 4.69. The van der Waals surface area contributed by atoms with Crippen molar-refractivity contribution < 1.29 is 9.18 Å². The molecule has 0 spiro atoms. The maximum atomic E-state index is 13.0. The molecule has 0 radical (unpaired) electrons. The second kappa shape index (κ2) is 7.41. The maximum Gasteiger partial charge on any atom is 0.234 e. The van der Waals surface area contributed by atoms with Gasteiger partial charge in [-0.2, -0.15) is 4.68 Å². The van der Waals surface area contributed by atoms with Gasteiger partial charge in [0.25, 0.3) is 0 Å². The Kier molecular flexibility index (Phi) is 5.07. The highest BCUT2D eigenvalue weighted by Gasteiger charge is 2.12. The van der Waals surface area contributed by atoms with E-state index in [0.29, 0.717) is 21.6 Å². The van der Waals surface area contributed by atoms with Crippen LogP contribution in [0.5, 0.6) is 0 Å². The summed E-state index contributed by atoms with van der Waals surface area (Å²) in [5.41, 5.74) is 1.27. The van der Waals surface area contributed by atoms with Gasteiger partial charge < -0.3 is 5.32 Å². The summed E-state index contributed by atoms with van der Waals surface area (Å²) in [7, 11) is 0. The third kappa shape index (κ3) is 4.09. The summed E-state index contributed by atoms with van der Waals surface area (Å²) in [5.74, 6) is -0.413. The van der Waals surface area contributed by atoms with E-state index in [-0.39, 0.29) is 17.5 Å². The monoisotopic (exact) mass is 363 g/mol. The molecule has 0 aliphatic rings. The minimum atomic E-state index is -0.344. The summed E-state index contributed by atoms with van der Waals surface area (Å²) in [6, 6.07) is 12.6. The normalized spacial score (nSPS) is 10.6. The molecular formula is C15H11ClFN5OS. The number of rotatable bonds is 5. The predicted molar refractivity (Wildman–Crippen MR) is 89.9 cm³/mol. The first-order valence-electron chi connectivity index (χ1n) is 6.84. The van der Waals surface area contributed by atoms with Crippen molar-refractivity contribution in [3.05, 3.63) is 59.4 Å². The van der Waals surface area contributed by atoms with Crippen LogP contribution in [-0.2, 0) is 4.79 Å². The highest BCUT2D eigenvalue weighted by Crippen LogP contribution is 2.19. The van der Waals surface area contributed by atoms with Crippen LogP contribution in [0.25, 0.3) is 5.69 Å². The molecule has 0 fully saturated rings. The number of benzene rings is 2. The smallest absolute Gasteiger partial charge is 0.234 e. The zero-order chi connectivity index (χ0) is 16.9. The summed E-state index contributed by atoms with van der Waals surface area (Å²) in [6.07, 6.45) is 0. The van der Waals surface area contributed by atoms with E-state index in [2.05, 4.69) is 20.8 Å². The second-order valence-corrected chi connectivity index (χ2v) is 6.07. The van der Waals surface area contributed by atoms with Gasteiger partial charge in [0.05, 0.1) is 11.4 Å². The Morgan fingerprint density at radius 1 is 1.17 bits per heavy atom. The van der Waals surface area contributed by atoms with Crippen LogP contribution in [0.15, 0.2) is 53.7 Å². The van der Waals surface area contributed by atoms with Gasteiger partial charge in [0.15, 0.2) is 0 Å². The number of hydrogen-bond donors (Lipinski definition) is 1. The van der Waals surface area contributed by atoms with E-state index in [1.165, 1.54) is 28.6 Å². The number of hydrogen-bond acceptors (Lipinski definition) is 5. The number of nitrogens with zero attached hydrogens (tertiary/aromatic N) is 4. The van der Waals surface area contributed by atoms with Gasteiger partial charge >= 0.3 is 0 Å². The molecule has 0 aliphatic carbocycles. The van der Waals surface area contributed by atoms with Crippen LogP contribution < -0.4 is 5.32 Å². The van der Waals surface area contributed by atoms with E-state index in [4.69, 9.17) is 11.6 Å². The summed E-state index contributed by atoms with van der Waals surface area (Å²) in [6.45, 7) is 0. The fraction of sp³-hybridized carbons (Fsp3) is 0.0667. The first kappa shape index (κ1) is 16.4. The number of anilines is 1. The number of thioether (sulfide) groups is 1. The van der Waals surface area contributed by atoms with Crippen molar-refractivity contribution in [3.63, 3.8) is 0 Å². The number of tetrazole rings is 1. The SMILES string of the molecule is O=C(CSc1nnnn1-c1ccc(F)cc1)Nc1ccc(Cl)cc1. The van der Waals surface area contributed by atoms with E-state index in [1.807, 2.05) is 0 Å². The van der Waals surface area contributed by atoms with Crippen molar-refractivity contribution in [3.8, 4) is 5.69 Å². The summed E-state index contributed by atoms with van der Waals surface area (Å²) in [5, 5.41) is 15.1. The van der Waals surface area contributed by atoms with E-state index in [9.17, 15) is 9.18 Å². The number of halogens is 2. The fourth-order valence-corrected chi connectivity index (χ4v) is 2.69.